The molecule has 0 aliphatic rings. The van der Waals surface area contributed by atoms with Crippen molar-refractivity contribution in [3.8, 4) is 11.5 Å². The van der Waals surface area contributed by atoms with Gasteiger partial charge in [0.05, 0.1) is 6.54 Å². The van der Waals surface area contributed by atoms with E-state index in [0.29, 0.717) is 18.5 Å². The van der Waals surface area contributed by atoms with Gasteiger partial charge in [0.2, 0.25) is 0 Å². The number of phenolic OH excluding ortho intramolecular Hbond substituents is 2. The van der Waals surface area contributed by atoms with Gasteiger partial charge in [-0.3, -0.25) is 4.79 Å². The summed E-state index contributed by atoms with van der Waals surface area (Å²) in [5.74, 6) is -0.883. The first-order chi connectivity index (χ1) is 7.09. The SMILES string of the molecule is O=C(O)CNCCc1ccc(O)cc1O.[Fe]. The first kappa shape index (κ1) is 14.8. The third-order valence-corrected chi connectivity index (χ3v) is 1.92. The fourth-order valence-corrected chi connectivity index (χ4v) is 1.18. The van der Waals surface area contributed by atoms with E-state index in [4.69, 9.17) is 10.2 Å². The summed E-state index contributed by atoms with van der Waals surface area (Å²) in [5.41, 5.74) is 0.672. The van der Waals surface area contributed by atoms with E-state index in [1.54, 1.807) is 6.07 Å². The molecule has 1 aromatic rings. The van der Waals surface area contributed by atoms with Gasteiger partial charge in [0.25, 0.3) is 0 Å². The van der Waals surface area contributed by atoms with Gasteiger partial charge < -0.3 is 20.6 Å². The molecule has 5 nitrogen and oxygen atoms in total. The Kier molecular flexibility index (Phi) is 6.56. The van der Waals surface area contributed by atoms with E-state index < -0.39 is 5.97 Å². The number of carboxylic acids is 1. The monoisotopic (exact) mass is 267 g/mol. The molecule has 6 heteroatoms. The van der Waals surface area contributed by atoms with Crippen LogP contribution in [0.4, 0.5) is 0 Å². The Balaban J connectivity index is 0.00000225. The average Bonchev–Trinajstić information content (AvgIpc) is 2.14. The van der Waals surface area contributed by atoms with Crippen molar-refractivity contribution in [3.05, 3.63) is 23.8 Å². The molecule has 4 N–H and O–H groups in total. The molecule has 0 aliphatic heterocycles. The van der Waals surface area contributed by atoms with Crippen LogP contribution in [0.3, 0.4) is 0 Å². The molecule has 0 bridgehead atoms. The molecule has 0 aliphatic carbocycles. The van der Waals surface area contributed by atoms with Crippen molar-refractivity contribution in [3.63, 3.8) is 0 Å². The Hall–Kier alpha value is -1.23. The maximum atomic E-state index is 10.2. The minimum atomic E-state index is -0.912. The molecule has 0 radical (unpaired) electrons. The number of benzene rings is 1. The third kappa shape index (κ3) is 5.02. The normalized spacial score (nSPS) is 9.50. The number of rotatable bonds is 5. The van der Waals surface area contributed by atoms with E-state index in [1.165, 1.54) is 12.1 Å². The van der Waals surface area contributed by atoms with Crippen molar-refractivity contribution in [2.24, 2.45) is 0 Å². The molecular formula is C10H13FeNO4. The topological polar surface area (TPSA) is 89.8 Å². The molecule has 0 spiro atoms. The van der Waals surface area contributed by atoms with E-state index in [2.05, 4.69) is 5.32 Å². The van der Waals surface area contributed by atoms with Crippen molar-refractivity contribution in [1.82, 2.24) is 5.32 Å². The summed E-state index contributed by atoms with van der Waals surface area (Å²) in [6.45, 7) is 0.365. The van der Waals surface area contributed by atoms with Gasteiger partial charge in [0.1, 0.15) is 11.5 Å². The van der Waals surface area contributed by atoms with Gasteiger partial charge >= 0.3 is 5.97 Å². The molecule has 0 unspecified atom stereocenters. The second-order valence-electron chi connectivity index (χ2n) is 3.13. The van der Waals surface area contributed by atoms with Crippen LogP contribution in [-0.2, 0) is 28.3 Å². The standard InChI is InChI=1S/C10H13NO4.Fe/c12-8-2-1-7(9(13)5-8)3-4-11-6-10(14)15;/h1-2,5,11-13H,3-4,6H2,(H,14,15);. The number of phenols is 2. The molecule has 0 heterocycles. The molecule has 0 aromatic heterocycles. The van der Waals surface area contributed by atoms with Crippen molar-refractivity contribution >= 4 is 5.97 Å². The van der Waals surface area contributed by atoms with Crippen LogP contribution in [0, 0.1) is 0 Å². The quantitative estimate of drug-likeness (QED) is 0.455. The van der Waals surface area contributed by atoms with Crippen LogP contribution in [0.2, 0.25) is 0 Å². The van der Waals surface area contributed by atoms with E-state index in [-0.39, 0.29) is 35.1 Å². The van der Waals surface area contributed by atoms with Crippen LogP contribution in [0.1, 0.15) is 5.56 Å². The van der Waals surface area contributed by atoms with E-state index in [9.17, 15) is 9.90 Å². The van der Waals surface area contributed by atoms with Gasteiger partial charge in [0, 0.05) is 23.1 Å². The summed E-state index contributed by atoms with van der Waals surface area (Å²) in [6, 6.07) is 4.34. The summed E-state index contributed by atoms with van der Waals surface area (Å²) < 4.78 is 0. The van der Waals surface area contributed by atoms with Crippen LogP contribution in [0.25, 0.3) is 0 Å². The number of aliphatic carboxylic acids is 1. The van der Waals surface area contributed by atoms with Gasteiger partial charge in [-0.05, 0) is 24.6 Å². The molecule has 90 valence electrons. The first-order valence-corrected chi connectivity index (χ1v) is 4.53. The minimum Gasteiger partial charge on any atom is -0.508 e. The Labute approximate surface area is 104 Å². The molecule has 0 saturated carbocycles. The Morgan fingerprint density at radius 2 is 2.00 bits per heavy atom. The van der Waals surface area contributed by atoms with Crippen molar-refractivity contribution in [1.29, 1.82) is 0 Å². The van der Waals surface area contributed by atoms with E-state index in [0.717, 1.165) is 0 Å². The molecule has 0 fully saturated rings. The number of carbonyl (C=O) groups is 1. The average molecular weight is 267 g/mol. The van der Waals surface area contributed by atoms with Gasteiger partial charge in [-0.1, -0.05) is 6.07 Å². The number of hydrogen-bond acceptors (Lipinski definition) is 4. The zero-order chi connectivity index (χ0) is 11.3. The maximum Gasteiger partial charge on any atom is 0.317 e. The Morgan fingerprint density at radius 1 is 1.31 bits per heavy atom. The summed E-state index contributed by atoms with van der Waals surface area (Å²) in [4.78, 5) is 10.2. The predicted molar refractivity (Wildman–Crippen MR) is 54.0 cm³/mol. The molecular weight excluding hydrogens is 254 g/mol. The van der Waals surface area contributed by atoms with Crippen LogP contribution >= 0.6 is 0 Å². The van der Waals surface area contributed by atoms with E-state index >= 15 is 0 Å². The predicted octanol–water partition coefficient (Wildman–Crippen LogP) is 0.312. The van der Waals surface area contributed by atoms with Gasteiger partial charge in [-0.25, -0.2) is 0 Å². The molecule has 1 aromatic carbocycles. The number of nitrogens with one attached hydrogen (secondary N) is 1. The zero-order valence-electron chi connectivity index (χ0n) is 8.46. The van der Waals surface area contributed by atoms with Crippen molar-refractivity contribution in [2.75, 3.05) is 13.1 Å². The molecule has 1 rings (SSSR count). The van der Waals surface area contributed by atoms with E-state index in [1.807, 2.05) is 0 Å². The smallest absolute Gasteiger partial charge is 0.317 e. The minimum absolute atomic E-state index is 0. The number of aromatic hydroxyl groups is 2. The van der Waals surface area contributed by atoms with Gasteiger partial charge in [-0.15, -0.1) is 0 Å². The third-order valence-electron chi connectivity index (χ3n) is 1.92. The summed E-state index contributed by atoms with van der Waals surface area (Å²) in [6.07, 6.45) is 0.513. The number of carboxylic acid groups (broad SMARTS) is 1. The van der Waals surface area contributed by atoms with Gasteiger partial charge in [-0.2, -0.15) is 0 Å². The van der Waals surface area contributed by atoms with Crippen molar-refractivity contribution < 1.29 is 37.2 Å². The molecule has 16 heavy (non-hydrogen) atoms. The van der Waals surface area contributed by atoms with Crippen LogP contribution < -0.4 is 5.32 Å². The zero-order valence-corrected chi connectivity index (χ0v) is 9.56. The summed E-state index contributed by atoms with van der Waals surface area (Å²) >= 11 is 0. The summed E-state index contributed by atoms with van der Waals surface area (Å²) in [5, 5.41) is 29.5. The first-order valence-electron chi connectivity index (χ1n) is 4.53. The van der Waals surface area contributed by atoms with Crippen LogP contribution in [0.5, 0.6) is 11.5 Å². The summed E-state index contributed by atoms with van der Waals surface area (Å²) in [7, 11) is 0. The second kappa shape index (κ2) is 7.11. The molecule has 0 amide bonds. The fourth-order valence-electron chi connectivity index (χ4n) is 1.18. The van der Waals surface area contributed by atoms with Crippen molar-refractivity contribution in [2.45, 2.75) is 6.42 Å². The maximum absolute atomic E-state index is 10.2. The largest absolute Gasteiger partial charge is 0.508 e. The number of hydrogen-bond donors (Lipinski definition) is 4. The van der Waals surface area contributed by atoms with Crippen LogP contribution in [0.15, 0.2) is 18.2 Å². The molecule has 0 saturated heterocycles. The van der Waals surface area contributed by atoms with Crippen LogP contribution in [-0.4, -0.2) is 34.4 Å². The Bertz CT molecular complexity index is 357. The second-order valence-corrected chi connectivity index (χ2v) is 3.13. The fraction of sp³-hybridized carbons (Fsp3) is 0.300. The Morgan fingerprint density at radius 3 is 2.56 bits per heavy atom. The van der Waals surface area contributed by atoms with Gasteiger partial charge in [0.15, 0.2) is 0 Å². The molecule has 0 atom stereocenters.